The lowest BCUT2D eigenvalue weighted by molar-refractivity contribution is 0.398. The molecule has 0 aromatic heterocycles. The van der Waals surface area contributed by atoms with E-state index in [1.807, 2.05) is 12.2 Å². The van der Waals surface area contributed by atoms with E-state index in [1.165, 1.54) is 179 Å². The van der Waals surface area contributed by atoms with Crippen LogP contribution in [0.1, 0.15) is 207 Å². The first kappa shape index (κ1) is 58.9. The topological polar surface area (TPSA) is 3.24 Å². The van der Waals surface area contributed by atoms with Crippen molar-refractivity contribution in [2.24, 2.45) is 0 Å². The standard InChI is InChI=1S/C80H95N/c1-9-14-18-22-26-30-54-80(55-31-27-23-19-15-10-2)76-57-65(64-37-46-70(47-38-64)81(68-42-32-60(6)33-43-68)69-44-35-63(36-45-69)62(8)13-5)39-49-73(76)74-51-41-67(59-78(74)80)66-40-50-72-71-48-34-61(7)56-75(71)79(77(72)58-66,52-28-24-20-16-11-3)53-29-25-21-17-12-4/h11-12,16-17,20-21,32-51,56-59,62H,3-4,9-10,13-15,18-19,22-31,52-55H2,1-2,5-8H3/b20-16-,21-17-. The number of allylic oxidation sites excluding steroid dienone is 6. The average molecular weight is 1070 g/mol. The Hall–Kier alpha value is -6.70. The Kier molecular flexibility index (Phi) is 20.6. The summed E-state index contributed by atoms with van der Waals surface area (Å²) in [5.74, 6) is 0.536. The van der Waals surface area contributed by atoms with E-state index < -0.39 is 0 Å². The zero-order valence-electron chi connectivity index (χ0n) is 50.6. The average Bonchev–Trinajstić information content (AvgIpc) is 4.09. The lowest BCUT2D eigenvalue weighted by Crippen LogP contribution is -2.26. The Morgan fingerprint density at radius 1 is 0.395 bits per heavy atom. The van der Waals surface area contributed by atoms with Crippen molar-refractivity contribution in [1.29, 1.82) is 0 Å². The van der Waals surface area contributed by atoms with Crippen LogP contribution in [0.3, 0.4) is 0 Å². The maximum atomic E-state index is 3.97. The quantitative estimate of drug-likeness (QED) is 0.0309. The number of rotatable bonds is 31. The zero-order valence-corrected chi connectivity index (χ0v) is 50.6. The van der Waals surface area contributed by atoms with Crippen LogP contribution in [0.4, 0.5) is 17.1 Å². The SMILES string of the molecule is C=C/C=C\CCCC1(CCC/C=C\C=C)c2cc(C)ccc2-c2ccc(-c3ccc4c(c3)C(CCCCCCCC)(CCCCCCCC)c3cc(-c5ccc(N(c6ccc(C)cc6)c6ccc(C(C)CC)cc6)cc5)ccc3-4)cc21. The van der Waals surface area contributed by atoms with Gasteiger partial charge in [0.05, 0.1) is 0 Å². The maximum Gasteiger partial charge on any atom is 0.0462 e. The fourth-order valence-corrected chi connectivity index (χ4v) is 13.9. The minimum Gasteiger partial charge on any atom is -0.311 e. The molecule has 0 N–H and O–H groups in total. The molecule has 420 valence electrons. The van der Waals surface area contributed by atoms with Crippen molar-refractivity contribution >= 4 is 17.1 Å². The Morgan fingerprint density at radius 2 is 0.753 bits per heavy atom. The van der Waals surface area contributed by atoms with Gasteiger partial charge in [-0.25, -0.2) is 0 Å². The molecular formula is C80H95N. The highest BCUT2D eigenvalue weighted by Crippen LogP contribution is 2.58. The first-order chi connectivity index (χ1) is 39.7. The Morgan fingerprint density at radius 3 is 1.20 bits per heavy atom. The molecule has 1 nitrogen and oxygen atoms in total. The number of nitrogens with zero attached hydrogens (tertiary/aromatic N) is 1. The predicted octanol–water partition coefficient (Wildman–Crippen LogP) is 24.5. The van der Waals surface area contributed by atoms with Crippen LogP contribution >= 0.6 is 0 Å². The first-order valence-electron chi connectivity index (χ1n) is 31.9. The first-order valence-corrected chi connectivity index (χ1v) is 31.9. The van der Waals surface area contributed by atoms with E-state index in [0.717, 1.165) is 44.9 Å². The smallest absolute Gasteiger partial charge is 0.0462 e. The second kappa shape index (κ2) is 28.3. The second-order valence-corrected chi connectivity index (χ2v) is 24.3. The van der Waals surface area contributed by atoms with Crippen LogP contribution in [0.2, 0.25) is 0 Å². The van der Waals surface area contributed by atoms with E-state index in [-0.39, 0.29) is 10.8 Å². The molecule has 7 aromatic carbocycles. The molecule has 0 saturated carbocycles. The van der Waals surface area contributed by atoms with E-state index in [9.17, 15) is 0 Å². The monoisotopic (exact) mass is 1070 g/mol. The molecule has 0 amide bonds. The third kappa shape index (κ3) is 13.3. The molecule has 1 unspecified atom stereocenters. The molecule has 0 bridgehead atoms. The highest BCUT2D eigenvalue weighted by Gasteiger charge is 2.44. The number of fused-ring (bicyclic) bond motifs is 6. The van der Waals surface area contributed by atoms with Gasteiger partial charge in [-0.1, -0.05) is 256 Å². The molecule has 1 atom stereocenters. The van der Waals surface area contributed by atoms with Crippen molar-refractivity contribution in [3.63, 3.8) is 0 Å². The Labute approximate surface area is 491 Å². The molecule has 0 radical (unpaired) electrons. The molecule has 0 spiro atoms. The van der Waals surface area contributed by atoms with E-state index in [2.05, 4.69) is 229 Å². The number of hydrogen-bond acceptors (Lipinski definition) is 1. The molecule has 0 aliphatic heterocycles. The lowest BCUT2D eigenvalue weighted by atomic mass is 9.69. The third-order valence-electron chi connectivity index (χ3n) is 18.7. The van der Waals surface area contributed by atoms with E-state index in [1.54, 1.807) is 11.1 Å². The fraction of sp³-hybridized carbons (Fsp3) is 0.375. The van der Waals surface area contributed by atoms with Crippen molar-refractivity contribution in [3.05, 3.63) is 234 Å². The van der Waals surface area contributed by atoms with Gasteiger partial charge >= 0.3 is 0 Å². The lowest BCUT2D eigenvalue weighted by Gasteiger charge is -2.34. The molecule has 1 heteroatoms. The number of anilines is 3. The molecule has 2 aliphatic rings. The van der Waals surface area contributed by atoms with E-state index in [0.29, 0.717) is 5.92 Å². The van der Waals surface area contributed by atoms with Gasteiger partial charge in [0, 0.05) is 27.9 Å². The molecule has 2 aliphatic carbocycles. The second-order valence-electron chi connectivity index (χ2n) is 24.3. The van der Waals surface area contributed by atoms with Gasteiger partial charge in [0.1, 0.15) is 0 Å². The highest BCUT2D eigenvalue weighted by molar-refractivity contribution is 5.89. The van der Waals surface area contributed by atoms with Crippen LogP contribution in [-0.2, 0) is 10.8 Å². The van der Waals surface area contributed by atoms with E-state index >= 15 is 0 Å². The van der Waals surface area contributed by atoms with Crippen LogP contribution in [0.15, 0.2) is 195 Å². The van der Waals surface area contributed by atoms with Gasteiger partial charge < -0.3 is 4.90 Å². The van der Waals surface area contributed by atoms with Crippen LogP contribution in [0.5, 0.6) is 0 Å². The number of benzene rings is 7. The van der Waals surface area contributed by atoms with Crippen molar-refractivity contribution < 1.29 is 0 Å². The Bertz CT molecular complexity index is 3190. The highest BCUT2D eigenvalue weighted by atomic mass is 15.1. The van der Waals surface area contributed by atoms with Crippen molar-refractivity contribution in [2.45, 2.75) is 193 Å². The normalized spacial score (nSPS) is 14.0. The number of unbranched alkanes of at least 4 members (excludes halogenated alkanes) is 12. The fourth-order valence-electron chi connectivity index (χ4n) is 13.9. The molecule has 7 aromatic rings. The van der Waals surface area contributed by atoms with Gasteiger partial charge in [-0.3, -0.25) is 0 Å². The van der Waals surface area contributed by atoms with Gasteiger partial charge in [-0.2, -0.15) is 0 Å². The van der Waals surface area contributed by atoms with Crippen LogP contribution < -0.4 is 4.90 Å². The molecule has 9 rings (SSSR count). The molecule has 0 saturated heterocycles. The summed E-state index contributed by atoms with van der Waals surface area (Å²) in [6.45, 7) is 21.7. The van der Waals surface area contributed by atoms with Gasteiger partial charge in [0.25, 0.3) is 0 Å². The molecular weight excluding hydrogens is 975 g/mol. The summed E-state index contributed by atoms with van der Waals surface area (Å²) >= 11 is 0. The summed E-state index contributed by atoms with van der Waals surface area (Å²) in [6.07, 6.45) is 38.4. The minimum absolute atomic E-state index is 0.0603. The number of aryl methyl sites for hydroxylation is 2. The maximum absolute atomic E-state index is 3.97. The minimum atomic E-state index is -0.0675. The summed E-state index contributed by atoms with van der Waals surface area (Å²) in [6, 6.07) is 57.8. The largest absolute Gasteiger partial charge is 0.311 e. The number of hydrogen-bond donors (Lipinski definition) is 0. The van der Waals surface area contributed by atoms with Crippen LogP contribution in [0.25, 0.3) is 44.5 Å². The van der Waals surface area contributed by atoms with Gasteiger partial charge in [0.15, 0.2) is 0 Å². The van der Waals surface area contributed by atoms with Crippen LogP contribution in [-0.4, -0.2) is 0 Å². The summed E-state index contributed by atoms with van der Waals surface area (Å²) in [5, 5.41) is 0. The summed E-state index contributed by atoms with van der Waals surface area (Å²) in [5.41, 5.74) is 24.6. The molecule has 0 fully saturated rings. The van der Waals surface area contributed by atoms with E-state index in [4.69, 9.17) is 0 Å². The summed E-state index contributed by atoms with van der Waals surface area (Å²) < 4.78 is 0. The van der Waals surface area contributed by atoms with Gasteiger partial charge in [-0.05, 0) is 204 Å². The van der Waals surface area contributed by atoms with Crippen LogP contribution in [0, 0.1) is 13.8 Å². The summed E-state index contributed by atoms with van der Waals surface area (Å²) in [7, 11) is 0. The molecule has 0 heterocycles. The summed E-state index contributed by atoms with van der Waals surface area (Å²) in [4.78, 5) is 2.42. The van der Waals surface area contributed by atoms with Crippen molar-refractivity contribution in [3.8, 4) is 44.5 Å². The predicted molar refractivity (Wildman–Crippen MR) is 355 cm³/mol. The third-order valence-corrected chi connectivity index (χ3v) is 18.7. The van der Waals surface area contributed by atoms with Crippen molar-refractivity contribution in [1.82, 2.24) is 0 Å². The zero-order chi connectivity index (χ0) is 56.6. The molecule has 81 heavy (non-hydrogen) atoms. The van der Waals surface area contributed by atoms with Gasteiger partial charge in [-0.15, -0.1) is 0 Å². The van der Waals surface area contributed by atoms with Gasteiger partial charge in [0.2, 0.25) is 0 Å². The Balaban J connectivity index is 1.13. The van der Waals surface area contributed by atoms with Crippen molar-refractivity contribution in [2.75, 3.05) is 4.90 Å².